The Morgan fingerprint density at radius 3 is 2.30 bits per heavy atom. The molecule has 6 rings (SSSR count). The lowest BCUT2D eigenvalue weighted by Gasteiger charge is -2.14. The molecule has 1 aliphatic rings. The Bertz CT molecular complexity index is 1660. The standard InChI is InChI=1S/C29H17Cl2N3O2S/c30-22-16-24-26(17-23(22)31)37-29(33-24)34-27(19-9-3-1-4-10-19)32-25(28(34)35)15-18-8-7-13-21(14-18)36-20-11-5-2-6-12-20/h1-17H/b25-15-. The average Bonchev–Trinajstić information content (AvgIpc) is 3.45. The third-order valence-electron chi connectivity index (χ3n) is 5.64. The van der Waals surface area contributed by atoms with Crippen molar-refractivity contribution < 1.29 is 9.53 Å². The first kappa shape index (κ1) is 23.4. The number of ether oxygens (including phenoxy) is 1. The number of aliphatic imine (C=N–C) groups is 1. The normalized spacial score (nSPS) is 14.4. The van der Waals surface area contributed by atoms with Crippen molar-refractivity contribution in [1.82, 2.24) is 4.98 Å². The Morgan fingerprint density at radius 1 is 0.811 bits per heavy atom. The zero-order chi connectivity index (χ0) is 25.4. The number of carbonyl (C=O) groups is 1. The monoisotopic (exact) mass is 541 g/mol. The zero-order valence-corrected chi connectivity index (χ0v) is 21.5. The summed E-state index contributed by atoms with van der Waals surface area (Å²) in [5, 5.41) is 1.34. The van der Waals surface area contributed by atoms with Gasteiger partial charge in [-0.3, -0.25) is 4.79 Å². The second-order valence-electron chi connectivity index (χ2n) is 8.19. The second-order valence-corrected chi connectivity index (χ2v) is 10.0. The van der Waals surface area contributed by atoms with Crippen LogP contribution in [0.3, 0.4) is 0 Å². The second kappa shape index (κ2) is 9.82. The molecule has 5 nitrogen and oxygen atoms in total. The Kier molecular flexibility index (Phi) is 6.22. The number of benzene rings is 4. The highest BCUT2D eigenvalue weighted by Crippen LogP contribution is 2.37. The Morgan fingerprint density at radius 2 is 1.51 bits per heavy atom. The van der Waals surface area contributed by atoms with Gasteiger partial charge in [0.1, 0.15) is 23.0 Å². The number of halogens is 2. The quantitative estimate of drug-likeness (QED) is 0.210. The van der Waals surface area contributed by atoms with Gasteiger partial charge in [0, 0.05) is 5.56 Å². The molecule has 0 bridgehead atoms. The van der Waals surface area contributed by atoms with Gasteiger partial charge in [-0.2, -0.15) is 0 Å². The van der Waals surface area contributed by atoms with Gasteiger partial charge in [0.2, 0.25) is 0 Å². The molecule has 0 fully saturated rings. The van der Waals surface area contributed by atoms with Crippen molar-refractivity contribution in [3.05, 3.63) is 124 Å². The molecule has 2 heterocycles. The molecule has 0 N–H and O–H groups in total. The Labute approximate surface area is 226 Å². The summed E-state index contributed by atoms with van der Waals surface area (Å²) >= 11 is 13.8. The number of aromatic nitrogens is 1. The van der Waals surface area contributed by atoms with Gasteiger partial charge in [0.15, 0.2) is 5.13 Å². The van der Waals surface area contributed by atoms with Gasteiger partial charge in [0.05, 0.1) is 20.3 Å². The number of rotatable bonds is 5. The molecule has 37 heavy (non-hydrogen) atoms. The van der Waals surface area contributed by atoms with Crippen LogP contribution in [0.2, 0.25) is 10.0 Å². The van der Waals surface area contributed by atoms with E-state index >= 15 is 0 Å². The number of carbonyl (C=O) groups excluding carboxylic acids is 1. The number of nitrogens with zero attached hydrogens (tertiary/aromatic N) is 3. The van der Waals surface area contributed by atoms with Gasteiger partial charge in [-0.25, -0.2) is 14.9 Å². The molecule has 1 aliphatic heterocycles. The van der Waals surface area contributed by atoms with Crippen LogP contribution in [0.15, 0.2) is 108 Å². The van der Waals surface area contributed by atoms with E-state index in [0.29, 0.717) is 38.0 Å². The molecule has 1 aromatic heterocycles. The first-order valence-corrected chi connectivity index (χ1v) is 12.9. The number of anilines is 1. The summed E-state index contributed by atoms with van der Waals surface area (Å²) in [4.78, 5) is 24.7. The summed E-state index contributed by atoms with van der Waals surface area (Å²) in [5.41, 5.74) is 2.55. The summed E-state index contributed by atoms with van der Waals surface area (Å²) in [6.07, 6.45) is 1.75. The van der Waals surface area contributed by atoms with Crippen molar-refractivity contribution in [3.8, 4) is 11.5 Å². The third-order valence-corrected chi connectivity index (χ3v) is 7.37. The van der Waals surface area contributed by atoms with Gasteiger partial charge < -0.3 is 4.74 Å². The van der Waals surface area contributed by atoms with Crippen LogP contribution in [0.4, 0.5) is 5.13 Å². The number of para-hydroxylation sites is 1. The van der Waals surface area contributed by atoms with E-state index in [1.54, 1.807) is 18.2 Å². The van der Waals surface area contributed by atoms with Gasteiger partial charge in [-0.15, -0.1) is 0 Å². The SMILES string of the molecule is O=C1/C(=C/c2cccc(Oc3ccccc3)c2)N=C(c2ccccc2)N1c1nc2cc(Cl)c(Cl)cc2s1. The minimum Gasteiger partial charge on any atom is -0.457 e. The van der Waals surface area contributed by atoms with E-state index in [-0.39, 0.29) is 5.91 Å². The largest absolute Gasteiger partial charge is 0.457 e. The predicted octanol–water partition coefficient (Wildman–Crippen LogP) is 8.23. The van der Waals surface area contributed by atoms with E-state index in [2.05, 4.69) is 4.98 Å². The molecule has 0 radical (unpaired) electrons. The summed E-state index contributed by atoms with van der Waals surface area (Å²) in [6.45, 7) is 0. The first-order valence-electron chi connectivity index (χ1n) is 11.3. The maximum absolute atomic E-state index is 13.7. The Hall–Kier alpha value is -3.97. The van der Waals surface area contributed by atoms with Gasteiger partial charge in [-0.05, 0) is 48.0 Å². The molecule has 0 aliphatic carbocycles. The van der Waals surface area contributed by atoms with E-state index < -0.39 is 0 Å². The van der Waals surface area contributed by atoms with Crippen LogP contribution >= 0.6 is 34.5 Å². The van der Waals surface area contributed by atoms with Crippen molar-refractivity contribution in [2.45, 2.75) is 0 Å². The van der Waals surface area contributed by atoms with Crippen LogP contribution in [-0.2, 0) is 4.79 Å². The van der Waals surface area contributed by atoms with E-state index in [9.17, 15) is 4.79 Å². The van der Waals surface area contributed by atoms with E-state index in [4.69, 9.17) is 32.9 Å². The summed E-state index contributed by atoms with van der Waals surface area (Å²) < 4.78 is 6.78. The van der Waals surface area contributed by atoms with Crippen molar-refractivity contribution in [1.29, 1.82) is 0 Å². The van der Waals surface area contributed by atoms with Gasteiger partial charge in [0.25, 0.3) is 5.91 Å². The Balaban J connectivity index is 1.40. The highest BCUT2D eigenvalue weighted by atomic mass is 35.5. The lowest BCUT2D eigenvalue weighted by Crippen LogP contribution is -2.32. The summed E-state index contributed by atoms with van der Waals surface area (Å²) in [7, 11) is 0. The van der Waals surface area contributed by atoms with E-state index in [1.807, 2.05) is 84.9 Å². The van der Waals surface area contributed by atoms with Crippen molar-refractivity contribution >= 4 is 67.7 Å². The van der Waals surface area contributed by atoms with Gasteiger partial charge in [-0.1, -0.05) is 95.2 Å². The lowest BCUT2D eigenvalue weighted by molar-refractivity contribution is -0.113. The number of amidine groups is 1. The highest BCUT2D eigenvalue weighted by Gasteiger charge is 2.34. The zero-order valence-electron chi connectivity index (χ0n) is 19.1. The maximum Gasteiger partial charge on any atom is 0.284 e. The minimum atomic E-state index is -0.274. The van der Waals surface area contributed by atoms with Crippen LogP contribution in [0.25, 0.3) is 16.3 Å². The molecule has 180 valence electrons. The number of hydrogen-bond acceptors (Lipinski definition) is 5. The van der Waals surface area contributed by atoms with Crippen molar-refractivity contribution in [3.63, 3.8) is 0 Å². The van der Waals surface area contributed by atoms with Crippen molar-refractivity contribution in [2.75, 3.05) is 4.90 Å². The number of thiazole rings is 1. The van der Waals surface area contributed by atoms with E-state index in [1.165, 1.54) is 16.2 Å². The molecule has 0 spiro atoms. The molecule has 0 saturated carbocycles. The molecular weight excluding hydrogens is 525 g/mol. The smallest absolute Gasteiger partial charge is 0.284 e. The number of hydrogen-bond donors (Lipinski definition) is 0. The molecule has 8 heteroatoms. The minimum absolute atomic E-state index is 0.274. The molecule has 5 aromatic rings. The molecule has 0 atom stereocenters. The predicted molar refractivity (Wildman–Crippen MR) is 151 cm³/mol. The molecule has 0 unspecified atom stereocenters. The van der Waals surface area contributed by atoms with E-state index in [0.717, 1.165) is 21.6 Å². The van der Waals surface area contributed by atoms with Crippen LogP contribution in [0, 0.1) is 0 Å². The van der Waals surface area contributed by atoms with Gasteiger partial charge >= 0.3 is 0 Å². The lowest BCUT2D eigenvalue weighted by atomic mass is 10.2. The fourth-order valence-corrected chi connectivity index (χ4v) is 5.31. The highest BCUT2D eigenvalue weighted by molar-refractivity contribution is 7.22. The average molecular weight is 542 g/mol. The van der Waals surface area contributed by atoms with Crippen LogP contribution < -0.4 is 9.64 Å². The van der Waals surface area contributed by atoms with Crippen LogP contribution in [0.5, 0.6) is 11.5 Å². The number of fused-ring (bicyclic) bond motifs is 1. The van der Waals surface area contributed by atoms with Crippen molar-refractivity contribution in [2.24, 2.45) is 4.99 Å². The first-order chi connectivity index (χ1) is 18.0. The third kappa shape index (κ3) is 4.74. The van der Waals surface area contributed by atoms with Crippen LogP contribution in [0.1, 0.15) is 11.1 Å². The summed E-state index contributed by atoms with van der Waals surface area (Å²) in [6, 6.07) is 30.1. The summed E-state index contributed by atoms with van der Waals surface area (Å²) in [5.74, 6) is 1.63. The fraction of sp³-hybridized carbons (Fsp3) is 0. The molecule has 1 amide bonds. The van der Waals surface area contributed by atoms with Crippen LogP contribution in [-0.4, -0.2) is 16.7 Å². The number of amides is 1. The topological polar surface area (TPSA) is 54.8 Å². The molecule has 4 aromatic carbocycles. The molecule has 0 saturated heterocycles. The maximum atomic E-state index is 13.7. The fourth-order valence-electron chi connectivity index (χ4n) is 3.93. The molecular formula is C29H17Cl2N3O2S.